The number of hydrogen-bond donors (Lipinski definition) is 2. The molecule has 1 atom stereocenters. The van der Waals surface area contributed by atoms with Gasteiger partial charge in [0.15, 0.2) is 0 Å². The largest absolute Gasteiger partial charge is 0.356 e. The average molecular weight is 395 g/mol. The SMILES string of the molecule is O=C(CC1C(=O)NCCN1CCCc1ccccc1)NCCCc1cccnc1. The molecule has 6 nitrogen and oxygen atoms in total. The van der Waals surface area contributed by atoms with Gasteiger partial charge in [-0.05, 0) is 49.4 Å². The fourth-order valence-electron chi connectivity index (χ4n) is 3.70. The summed E-state index contributed by atoms with van der Waals surface area (Å²) < 4.78 is 0. The summed E-state index contributed by atoms with van der Waals surface area (Å²) in [6.45, 7) is 2.87. The van der Waals surface area contributed by atoms with Crippen LogP contribution in [-0.4, -0.2) is 53.9 Å². The predicted molar refractivity (Wildman–Crippen MR) is 113 cm³/mol. The van der Waals surface area contributed by atoms with Gasteiger partial charge in [0.1, 0.15) is 0 Å². The zero-order valence-corrected chi connectivity index (χ0v) is 16.8. The molecule has 0 spiro atoms. The van der Waals surface area contributed by atoms with Gasteiger partial charge in [0, 0.05) is 32.0 Å². The maximum atomic E-state index is 12.4. The number of piperazine rings is 1. The Morgan fingerprint density at radius 1 is 1.10 bits per heavy atom. The van der Waals surface area contributed by atoms with Crippen LogP contribution in [0, 0.1) is 0 Å². The topological polar surface area (TPSA) is 74.3 Å². The molecule has 0 saturated carbocycles. The van der Waals surface area contributed by atoms with Crippen LogP contribution in [0.25, 0.3) is 0 Å². The highest BCUT2D eigenvalue weighted by Gasteiger charge is 2.31. The summed E-state index contributed by atoms with van der Waals surface area (Å²) in [5.74, 6) is -0.104. The number of benzene rings is 1. The van der Waals surface area contributed by atoms with Crippen molar-refractivity contribution in [2.45, 2.75) is 38.1 Å². The molecular formula is C23H30N4O2. The first-order chi connectivity index (χ1) is 14.2. The molecular weight excluding hydrogens is 364 g/mol. The Kier molecular flexibility index (Phi) is 8.19. The zero-order valence-electron chi connectivity index (χ0n) is 16.8. The van der Waals surface area contributed by atoms with Gasteiger partial charge < -0.3 is 10.6 Å². The second-order valence-corrected chi connectivity index (χ2v) is 7.45. The summed E-state index contributed by atoms with van der Waals surface area (Å²) in [5.41, 5.74) is 2.47. The lowest BCUT2D eigenvalue weighted by atomic mass is 10.1. The third-order valence-corrected chi connectivity index (χ3v) is 5.26. The van der Waals surface area contributed by atoms with Crippen LogP contribution in [-0.2, 0) is 22.4 Å². The molecule has 2 heterocycles. The molecule has 1 unspecified atom stereocenters. The Morgan fingerprint density at radius 3 is 2.69 bits per heavy atom. The van der Waals surface area contributed by atoms with Crippen LogP contribution in [0.4, 0.5) is 0 Å². The van der Waals surface area contributed by atoms with E-state index in [9.17, 15) is 9.59 Å². The predicted octanol–water partition coefficient (Wildman–Crippen LogP) is 1.95. The molecule has 2 amide bonds. The molecule has 6 heteroatoms. The number of carbonyl (C=O) groups is 2. The minimum atomic E-state index is -0.377. The van der Waals surface area contributed by atoms with Crippen LogP contribution in [0.3, 0.4) is 0 Å². The Balaban J connectivity index is 1.40. The number of aryl methyl sites for hydroxylation is 2. The van der Waals surface area contributed by atoms with Gasteiger partial charge in [0.25, 0.3) is 0 Å². The molecule has 1 aliphatic heterocycles. The molecule has 1 aromatic heterocycles. The van der Waals surface area contributed by atoms with E-state index in [4.69, 9.17) is 0 Å². The molecule has 29 heavy (non-hydrogen) atoms. The van der Waals surface area contributed by atoms with Gasteiger partial charge in [-0.1, -0.05) is 36.4 Å². The Labute approximate surface area is 172 Å². The monoisotopic (exact) mass is 394 g/mol. The fraction of sp³-hybridized carbons (Fsp3) is 0.435. The smallest absolute Gasteiger partial charge is 0.237 e. The lowest BCUT2D eigenvalue weighted by Crippen LogP contribution is -2.56. The number of rotatable bonds is 10. The molecule has 0 aliphatic carbocycles. The highest BCUT2D eigenvalue weighted by atomic mass is 16.2. The summed E-state index contributed by atoms with van der Waals surface area (Å²) in [6, 6.07) is 13.9. The number of hydrogen-bond acceptors (Lipinski definition) is 4. The zero-order chi connectivity index (χ0) is 20.3. The number of nitrogens with zero attached hydrogens (tertiary/aromatic N) is 2. The van der Waals surface area contributed by atoms with Gasteiger partial charge in [-0.15, -0.1) is 0 Å². The number of nitrogens with one attached hydrogen (secondary N) is 2. The lowest BCUT2D eigenvalue weighted by molar-refractivity contribution is -0.133. The molecule has 3 rings (SSSR count). The second-order valence-electron chi connectivity index (χ2n) is 7.45. The van der Waals surface area contributed by atoms with Gasteiger partial charge in [-0.3, -0.25) is 19.5 Å². The Hall–Kier alpha value is -2.73. The number of aromatic nitrogens is 1. The second kappa shape index (κ2) is 11.3. The van der Waals surface area contributed by atoms with Crippen LogP contribution in [0.1, 0.15) is 30.4 Å². The summed E-state index contributed by atoms with van der Waals surface area (Å²) in [5, 5.41) is 5.85. The fourth-order valence-corrected chi connectivity index (χ4v) is 3.70. The van der Waals surface area contributed by atoms with Crippen molar-refractivity contribution in [3.05, 3.63) is 66.0 Å². The van der Waals surface area contributed by atoms with Crippen LogP contribution < -0.4 is 10.6 Å². The Morgan fingerprint density at radius 2 is 1.90 bits per heavy atom. The molecule has 154 valence electrons. The van der Waals surface area contributed by atoms with Crippen molar-refractivity contribution < 1.29 is 9.59 Å². The minimum absolute atomic E-state index is 0.0403. The summed E-state index contributed by atoms with van der Waals surface area (Å²) in [4.78, 5) is 31.0. The Bertz CT molecular complexity index is 767. The van der Waals surface area contributed by atoms with E-state index in [1.54, 1.807) is 6.20 Å². The maximum absolute atomic E-state index is 12.4. The van der Waals surface area contributed by atoms with Crippen molar-refractivity contribution in [3.63, 3.8) is 0 Å². The molecule has 1 saturated heterocycles. The first-order valence-electron chi connectivity index (χ1n) is 10.4. The first-order valence-corrected chi connectivity index (χ1v) is 10.4. The van der Waals surface area contributed by atoms with E-state index in [2.05, 4.69) is 32.7 Å². The van der Waals surface area contributed by atoms with Crippen LogP contribution in [0.5, 0.6) is 0 Å². The first kappa shape index (κ1) is 21.0. The molecule has 1 fully saturated rings. The summed E-state index contributed by atoms with van der Waals surface area (Å²) in [7, 11) is 0. The number of pyridine rings is 1. The maximum Gasteiger partial charge on any atom is 0.237 e. The molecule has 2 aromatic rings. The van der Waals surface area contributed by atoms with Gasteiger partial charge >= 0.3 is 0 Å². The van der Waals surface area contributed by atoms with Gasteiger partial charge in [-0.25, -0.2) is 0 Å². The minimum Gasteiger partial charge on any atom is -0.356 e. The summed E-state index contributed by atoms with van der Waals surface area (Å²) in [6.07, 6.45) is 7.50. The van der Waals surface area contributed by atoms with Crippen molar-refractivity contribution in [1.82, 2.24) is 20.5 Å². The standard InChI is InChI=1S/C23H30N4O2/c28-22(25-13-5-10-20-9-4-12-24-18-20)17-21-23(29)26-14-16-27(21)15-6-11-19-7-2-1-3-8-19/h1-4,7-9,12,18,21H,5-6,10-11,13-17H2,(H,25,28)(H,26,29). The molecule has 0 radical (unpaired) electrons. The third-order valence-electron chi connectivity index (χ3n) is 5.26. The van der Waals surface area contributed by atoms with E-state index in [0.717, 1.165) is 44.3 Å². The number of amides is 2. The normalized spacial score (nSPS) is 17.0. The van der Waals surface area contributed by atoms with E-state index < -0.39 is 0 Å². The van der Waals surface area contributed by atoms with E-state index in [0.29, 0.717) is 13.1 Å². The van der Waals surface area contributed by atoms with Gasteiger partial charge in [0.05, 0.1) is 12.5 Å². The van der Waals surface area contributed by atoms with Crippen molar-refractivity contribution in [2.75, 3.05) is 26.2 Å². The van der Waals surface area contributed by atoms with Gasteiger partial charge in [0.2, 0.25) is 11.8 Å². The highest BCUT2D eigenvalue weighted by molar-refractivity contribution is 5.88. The van der Waals surface area contributed by atoms with Crippen molar-refractivity contribution in [1.29, 1.82) is 0 Å². The lowest BCUT2D eigenvalue weighted by Gasteiger charge is -2.34. The van der Waals surface area contributed by atoms with E-state index in [1.165, 1.54) is 5.56 Å². The highest BCUT2D eigenvalue weighted by Crippen LogP contribution is 2.12. The summed E-state index contributed by atoms with van der Waals surface area (Å²) >= 11 is 0. The van der Waals surface area contributed by atoms with Crippen molar-refractivity contribution in [2.24, 2.45) is 0 Å². The molecule has 2 N–H and O–H groups in total. The quantitative estimate of drug-likeness (QED) is 0.604. The van der Waals surface area contributed by atoms with Gasteiger partial charge in [-0.2, -0.15) is 0 Å². The third kappa shape index (κ3) is 6.98. The van der Waals surface area contributed by atoms with E-state index >= 15 is 0 Å². The van der Waals surface area contributed by atoms with E-state index in [-0.39, 0.29) is 24.3 Å². The molecule has 1 aliphatic rings. The average Bonchev–Trinajstić information content (AvgIpc) is 2.75. The number of carbonyl (C=O) groups excluding carboxylic acids is 2. The van der Waals surface area contributed by atoms with E-state index in [1.807, 2.05) is 36.5 Å². The van der Waals surface area contributed by atoms with Crippen molar-refractivity contribution in [3.8, 4) is 0 Å². The molecule has 0 bridgehead atoms. The van der Waals surface area contributed by atoms with Crippen LogP contribution in [0.2, 0.25) is 0 Å². The van der Waals surface area contributed by atoms with Crippen LogP contribution in [0.15, 0.2) is 54.9 Å². The van der Waals surface area contributed by atoms with Crippen LogP contribution >= 0.6 is 0 Å². The van der Waals surface area contributed by atoms with Crippen molar-refractivity contribution >= 4 is 11.8 Å². The molecule has 1 aromatic carbocycles.